The zero-order valence-electron chi connectivity index (χ0n) is 8.99. The van der Waals surface area contributed by atoms with Crippen LogP contribution in [0.1, 0.15) is 11.3 Å². The first-order valence-corrected chi connectivity index (χ1v) is 4.95. The van der Waals surface area contributed by atoms with E-state index >= 15 is 0 Å². The average Bonchev–Trinajstić information content (AvgIpc) is 2.28. The van der Waals surface area contributed by atoms with Gasteiger partial charge < -0.3 is 0 Å². The quantitative estimate of drug-likeness (QED) is 0.760. The molecule has 0 radical (unpaired) electrons. The Hall–Kier alpha value is -1.91. The second kappa shape index (κ2) is 4.16. The van der Waals surface area contributed by atoms with Gasteiger partial charge in [-0.1, -0.05) is 23.8 Å². The molecule has 2 aromatic rings. The van der Waals surface area contributed by atoms with Gasteiger partial charge in [-0.05, 0) is 25.1 Å². The van der Waals surface area contributed by atoms with Crippen molar-refractivity contribution in [1.82, 2.24) is 10.2 Å². The first-order chi connectivity index (χ1) is 7.97. The summed E-state index contributed by atoms with van der Waals surface area (Å²) in [5.74, 6) is 0. The fraction of sp³-hybridized carbons (Fsp3) is 0.167. The van der Waals surface area contributed by atoms with Crippen LogP contribution < -0.4 is 0 Å². The largest absolute Gasteiger partial charge is 0.435 e. The molecule has 17 heavy (non-hydrogen) atoms. The number of alkyl halides is 3. The van der Waals surface area contributed by atoms with Gasteiger partial charge in [0.2, 0.25) is 0 Å². The van der Waals surface area contributed by atoms with Crippen LogP contribution in [0.15, 0.2) is 36.4 Å². The van der Waals surface area contributed by atoms with E-state index < -0.39 is 11.9 Å². The number of hydrogen-bond acceptors (Lipinski definition) is 2. The minimum Gasteiger partial charge on any atom is -0.164 e. The van der Waals surface area contributed by atoms with E-state index in [0.717, 1.165) is 17.2 Å². The number of rotatable bonds is 1. The van der Waals surface area contributed by atoms with Crippen LogP contribution >= 0.6 is 0 Å². The van der Waals surface area contributed by atoms with Gasteiger partial charge in [-0.2, -0.15) is 13.2 Å². The number of aryl methyl sites for hydroxylation is 1. The second-order valence-corrected chi connectivity index (χ2v) is 3.67. The van der Waals surface area contributed by atoms with E-state index in [-0.39, 0.29) is 0 Å². The SMILES string of the molecule is Cc1cccc(-c2ccc(C(F)(F)F)nn2)c1. The molecular weight excluding hydrogens is 229 g/mol. The summed E-state index contributed by atoms with van der Waals surface area (Å²) in [5, 5.41) is 6.77. The van der Waals surface area contributed by atoms with Crippen LogP contribution in [0.2, 0.25) is 0 Å². The molecule has 0 spiro atoms. The minimum absolute atomic E-state index is 0.432. The van der Waals surface area contributed by atoms with E-state index in [4.69, 9.17) is 0 Å². The molecule has 0 fully saturated rings. The fourth-order valence-corrected chi connectivity index (χ4v) is 1.44. The normalized spacial score (nSPS) is 11.5. The molecule has 88 valence electrons. The summed E-state index contributed by atoms with van der Waals surface area (Å²) in [6.45, 7) is 1.90. The third kappa shape index (κ3) is 2.61. The molecule has 0 unspecified atom stereocenters. The van der Waals surface area contributed by atoms with Gasteiger partial charge in [0.05, 0.1) is 5.69 Å². The molecule has 0 aliphatic heterocycles. The summed E-state index contributed by atoms with van der Waals surface area (Å²) in [6, 6.07) is 9.61. The Morgan fingerprint density at radius 3 is 2.29 bits per heavy atom. The third-order valence-electron chi connectivity index (χ3n) is 2.27. The summed E-state index contributed by atoms with van der Waals surface area (Å²) in [4.78, 5) is 0. The molecule has 0 saturated heterocycles. The molecule has 5 heteroatoms. The molecule has 0 amide bonds. The van der Waals surface area contributed by atoms with Crippen molar-refractivity contribution in [3.05, 3.63) is 47.7 Å². The molecule has 2 nitrogen and oxygen atoms in total. The van der Waals surface area contributed by atoms with E-state index in [0.29, 0.717) is 5.69 Å². The van der Waals surface area contributed by atoms with Crippen LogP contribution in [0.3, 0.4) is 0 Å². The predicted octanol–water partition coefficient (Wildman–Crippen LogP) is 3.47. The van der Waals surface area contributed by atoms with Gasteiger partial charge in [-0.3, -0.25) is 0 Å². The van der Waals surface area contributed by atoms with Gasteiger partial charge in [0.15, 0.2) is 5.69 Å². The zero-order valence-corrected chi connectivity index (χ0v) is 8.99. The van der Waals surface area contributed by atoms with Gasteiger partial charge in [-0.15, -0.1) is 10.2 Å². The number of nitrogens with zero attached hydrogens (tertiary/aromatic N) is 2. The molecule has 2 rings (SSSR count). The summed E-state index contributed by atoms with van der Waals surface area (Å²) >= 11 is 0. The van der Waals surface area contributed by atoms with Crippen molar-refractivity contribution < 1.29 is 13.2 Å². The number of benzene rings is 1. The van der Waals surface area contributed by atoms with E-state index in [2.05, 4.69) is 10.2 Å². The topological polar surface area (TPSA) is 25.8 Å². The molecule has 1 aromatic carbocycles. The second-order valence-electron chi connectivity index (χ2n) is 3.67. The molecule has 0 saturated carbocycles. The number of hydrogen-bond donors (Lipinski definition) is 0. The van der Waals surface area contributed by atoms with Gasteiger partial charge >= 0.3 is 6.18 Å². The Morgan fingerprint density at radius 1 is 1.00 bits per heavy atom. The van der Waals surface area contributed by atoms with Crippen molar-refractivity contribution >= 4 is 0 Å². The molecular formula is C12H9F3N2. The van der Waals surface area contributed by atoms with Crippen molar-refractivity contribution in [2.24, 2.45) is 0 Å². The minimum atomic E-state index is -4.45. The van der Waals surface area contributed by atoms with Crippen LogP contribution in [0, 0.1) is 6.92 Å². The van der Waals surface area contributed by atoms with Crippen molar-refractivity contribution in [1.29, 1.82) is 0 Å². The highest BCUT2D eigenvalue weighted by molar-refractivity contribution is 5.59. The zero-order chi connectivity index (χ0) is 12.5. The monoisotopic (exact) mass is 238 g/mol. The van der Waals surface area contributed by atoms with Gasteiger partial charge in [0, 0.05) is 5.56 Å². The van der Waals surface area contributed by atoms with Crippen LogP contribution in [-0.2, 0) is 6.18 Å². The molecule has 0 aliphatic carbocycles. The maximum Gasteiger partial charge on any atom is 0.435 e. The lowest BCUT2D eigenvalue weighted by Crippen LogP contribution is -2.08. The molecule has 0 bridgehead atoms. The van der Waals surface area contributed by atoms with E-state index in [1.165, 1.54) is 6.07 Å². The van der Waals surface area contributed by atoms with Gasteiger partial charge in [-0.25, -0.2) is 0 Å². The van der Waals surface area contributed by atoms with E-state index in [9.17, 15) is 13.2 Å². The first kappa shape index (κ1) is 11.6. The lowest BCUT2D eigenvalue weighted by Gasteiger charge is -2.05. The highest BCUT2D eigenvalue weighted by Crippen LogP contribution is 2.27. The maximum absolute atomic E-state index is 12.3. The molecule has 1 heterocycles. The Morgan fingerprint density at radius 2 is 1.76 bits per heavy atom. The van der Waals surface area contributed by atoms with Crippen molar-refractivity contribution in [3.8, 4) is 11.3 Å². The highest BCUT2D eigenvalue weighted by atomic mass is 19.4. The Labute approximate surface area is 96.1 Å². The molecule has 1 aromatic heterocycles. The summed E-state index contributed by atoms with van der Waals surface area (Å²) in [5.41, 5.74) is 1.23. The summed E-state index contributed by atoms with van der Waals surface area (Å²) in [6.07, 6.45) is -4.45. The lowest BCUT2D eigenvalue weighted by atomic mass is 10.1. The lowest BCUT2D eigenvalue weighted by molar-refractivity contribution is -0.141. The van der Waals surface area contributed by atoms with Crippen molar-refractivity contribution in [2.45, 2.75) is 13.1 Å². The first-order valence-electron chi connectivity index (χ1n) is 4.95. The third-order valence-corrected chi connectivity index (χ3v) is 2.27. The Balaban J connectivity index is 2.36. The van der Waals surface area contributed by atoms with E-state index in [1.54, 1.807) is 6.07 Å². The highest BCUT2D eigenvalue weighted by Gasteiger charge is 2.32. The summed E-state index contributed by atoms with van der Waals surface area (Å²) in [7, 11) is 0. The van der Waals surface area contributed by atoms with Crippen LogP contribution in [0.25, 0.3) is 11.3 Å². The van der Waals surface area contributed by atoms with Crippen LogP contribution in [0.5, 0.6) is 0 Å². The van der Waals surface area contributed by atoms with Crippen molar-refractivity contribution in [2.75, 3.05) is 0 Å². The average molecular weight is 238 g/mol. The Kier molecular flexibility index (Phi) is 2.83. The van der Waals surface area contributed by atoms with E-state index in [1.807, 2.05) is 25.1 Å². The fourth-order valence-electron chi connectivity index (χ4n) is 1.44. The maximum atomic E-state index is 12.3. The standard InChI is InChI=1S/C12H9F3N2/c1-8-3-2-4-9(7-8)10-5-6-11(17-16-10)12(13,14)15/h2-7H,1H3. The van der Waals surface area contributed by atoms with Crippen LogP contribution in [0.4, 0.5) is 13.2 Å². The Bertz CT molecular complexity index is 518. The number of aromatic nitrogens is 2. The van der Waals surface area contributed by atoms with Crippen molar-refractivity contribution in [3.63, 3.8) is 0 Å². The smallest absolute Gasteiger partial charge is 0.164 e. The van der Waals surface area contributed by atoms with Gasteiger partial charge in [0.1, 0.15) is 0 Å². The molecule has 0 aliphatic rings. The van der Waals surface area contributed by atoms with Crippen LogP contribution in [-0.4, -0.2) is 10.2 Å². The molecule has 0 atom stereocenters. The molecule has 0 N–H and O–H groups in total. The predicted molar refractivity (Wildman–Crippen MR) is 57.2 cm³/mol. The number of halogens is 3. The summed E-state index contributed by atoms with van der Waals surface area (Å²) < 4.78 is 36.9. The van der Waals surface area contributed by atoms with Gasteiger partial charge in [0.25, 0.3) is 0 Å².